The van der Waals surface area contributed by atoms with Gasteiger partial charge in [0, 0.05) is 18.7 Å². The Labute approximate surface area is 175 Å². The van der Waals surface area contributed by atoms with E-state index in [-0.39, 0.29) is 30.1 Å². The van der Waals surface area contributed by atoms with Crippen LogP contribution in [0.15, 0.2) is 57.9 Å². The molecule has 144 valence electrons. The van der Waals surface area contributed by atoms with E-state index in [1.165, 1.54) is 0 Å². The largest absolute Gasteiger partial charge is 0.496 e. The first-order valence-corrected chi connectivity index (χ1v) is 10.0. The molecule has 0 unspecified atom stereocenters. The quantitative estimate of drug-likeness (QED) is 0.660. The van der Waals surface area contributed by atoms with Crippen molar-refractivity contribution in [1.29, 1.82) is 0 Å². The van der Waals surface area contributed by atoms with Crippen LogP contribution in [0, 0.1) is 0 Å². The highest BCUT2D eigenvalue weighted by Crippen LogP contribution is 2.31. The summed E-state index contributed by atoms with van der Waals surface area (Å²) in [6, 6.07) is 14.3. The molecule has 0 atom stereocenters. The summed E-state index contributed by atoms with van der Waals surface area (Å²) in [5.41, 5.74) is 1.30. The Morgan fingerprint density at radius 1 is 1.21 bits per heavy atom. The molecule has 1 fully saturated rings. The number of hydrogen-bond acceptors (Lipinski definition) is 5. The lowest BCUT2D eigenvalue weighted by Gasteiger charge is -2.13. The van der Waals surface area contributed by atoms with E-state index in [2.05, 4.69) is 21.2 Å². The Bertz CT molecular complexity index is 946. The van der Waals surface area contributed by atoms with Gasteiger partial charge >= 0.3 is 0 Å². The summed E-state index contributed by atoms with van der Waals surface area (Å²) in [6.07, 6.45) is 1.69. The lowest BCUT2D eigenvalue weighted by Crippen LogP contribution is -2.37. The van der Waals surface area contributed by atoms with Crippen LogP contribution >= 0.6 is 27.7 Å². The Morgan fingerprint density at radius 2 is 1.96 bits per heavy atom. The number of carbonyl (C=O) groups excluding carboxylic acids is 3. The predicted octanol–water partition coefficient (Wildman–Crippen LogP) is 3.92. The van der Waals surface area contributed by atoms with Crippen molar-refractivity contribution in [1.82, 2.24) is 10.2 Å². The topological polar surface area (TPSA) is 75.7 Å². The number of rotatable bonds is 6. The van der Waals surface area contributed by atoms with Gasteiger partial charge in [0.1, 0.15) is 5.75 Å². The van der Waals surface area contributed by atoms with Crippen LogP contribution in [-0.4, -0.2) is 42.2 Å². The van der Waals surface area contributed by atoms with E-state index in [0.29, 0.717) is 20.7 Å². The Morgan fingerprint density at radius 3 is 2.64 bits per heavy atom. The molecular weight excluding hydrogens is 444 g/mol. The van der Waals surface area contributed by atoms with Gasteiger partial charge in [0.2, 0.25) is 0 Å². The summed E-state index contributed by atoms with van der Waals surface area (Å²) in [5, 5.41) is 2.38. The highest BCUT2D eigenvalue weighted by molar-refractivity contribution is 9.10. The number of methoxy groups -OCH3 is 1. The second kappa shape index (κ2) is 9.07. The molecule has 0 aliphatic carbocycles. The number of carbonyl (C=O) groups is 3. The number of nitrogens with zero attached hydrogens (tertiary/aromatic N) is 1. The number of hydrogen-bond donors (Lipinski definition) is 1. The summed E-state index contributed by atoms with van der Waals surface area (Å²) < 4.78 is 5.80. The lowest BCUT2D eigenvalue weighted by molar-refractivity contribution is -0.122. The number of amides is 3. The van der Waals surface area contributed by atoms with Gasteiger partial charge in [-0.05, 0) is 57.5 Å². The fourth-order valence-electron chi connectivity index (χ4n) is 2.58. The first-order valence-electron chi connectivity index (χ1n) is 8.42. The van der Waals surface area contributed by atoms with Crippen LogP contribution in [0.5, 0.6) is 5.75 Å². The fraction of sp³-hybridized carbons (Fsp3) is 0.150. The first-order chi connectivity index (χ1) is 13.5. The van der Waals surface area contributed by atoms with Crippen LogP contribution in [0.3, 0.4) is 0 Å². The van der Waals surface area contributed by atoms with Crippen molar-refractivity contribution in [3.63, 3.8) is 0 Å². The molecule has 28 heavy (non-hydrogen) atoms. The highest BCUT2D eigenvalue weighted by Gasteiger charge is 2.34. The van der Waals surface area contributed by atoms with Gasteiger partial charge in [-0.1, -0.05) is 30.3 Å². The average Bonchev–Trinajstić information content (AvgIpc) is 2.96. The molecule has 0 radical (unpaired) electrons. The van der Waals surface area contributed by atoms with E-state index >= 15 is 0 Å². The zero-order valence-corrected chi connectivity index (χ0v) is 17.4. The number of benzene rings is 2. The highest BCUT2D eigenvalue weighted by atomic mass is 79.9. The first kappa shape index (κ1) is 20.2. The number of nitrogens with one attached hydrogen (secondary N) is 1. The molecule has 1 saturated heterocycles. The van der Waals surface area contributed by atoms with Gasteiger partial charge in [0.05, 0.1) is 16.5 Å². The minimum Gasteiger partial charge on any atom is -0.496 e. The molecule has 2 aromatic rings. The minimum absolute atomic E-state index is 0.111. The van der Waals surface area contributed by atoms with E-state index in [0.717, 1.165) is 22.2 Å². The Balaban J connectivity index is 1.58. The zero-order chi connectivity index (χ0) is 20.1. The third kappa shape index (κ3) is 4.63. The van der Waals surface area contributed by atoms with Crippen molar-refractivity contribution in [3.8, 4) is 5.75 Å². The standard InChI is InChI=1S/C20H17BrN2O4S/c1-27-16-8-7-14(12-15(16)21)18(24)22-9-10-23-19(25)17(28-20(23)26)11-13-5-3-2-4-6-13/h2-8,11-12H,9-10H2,1H3,(H,22,24)/b17-11-. The van der Waals surface area contributed by atoms with Crippen molar-refractivity contribution >= 4 is 50.8 Å². The van der Waals surface area contributed by atoms with Crippen LogP contribution in [0.4, 0.5) is 4.79 Å². The Hall–Kier alpha value is -2.58. The van der Waals surface area contributed by atoms with E-state index in [1.807, 2.05) is 30.3 Å². The van der Waals surface area contributed by atoms with Gasteiger partial charge in [-0.3, -0.25) is 19.3 Å². The summed E-state index contributed by atoms with van der Waals surface area (Å²) in [5.74, 6) is -0.0185. The van der Waals surface area contributed by atoms with E-state index in [9.17, 15) is 14.4 Å². The molecular formula is C20H17BrN2O4S. The third-order valence-corrected chi connectivity index (χ3v) is 5.53. The molecule has 2 aromatic carbocycles. The van der Waals surface area contributed by atoms with Crippen LogP contribution in [0.1, 0.15) is 15.9 Å². The summed E-state index contributed by atoms with van der Waals surface area (Å²) >= 11 is 4.24. The van der Waals surface area contributed by atoms with Gasteiger partial charge in [-0.25, -0.2) is 0 Å². The summed E-state index contributed by atoms with van der Waals surface area (Å²) in [6.45, 7) is 0.277. The molecule has 1 heterocycles. The normalized spacial score (nSPS) is 15.2. The number of thioether (sulfide) groups is 1. The van der Waals surface area contributed by atoms with Crippen LogP contribution in [0.25, 0.3) is 6.08 Å². The average molecular weight is 461 g/mol. The van der Waals surface area contributed by atoms with Crippen molar-refractivity contribution in [2.45, 2.75) is 0 Å². The van der Waals surface area contributed by atoms with Crippen LogP contribution in [-0.2, 0) is 4.79 Å². The lowest BCUT2D eigenvalue weighted by atomic mass is 10.2. The second-order valence-corrected chi connectivity index (χ2v) is 7.70. The van der Waals surface area contributed by atoms with Gasteiger partial charge in [0.15, 0.2) is 0 Å². The minimum atomic E-state index is -0.347. The van der Waals surface area contributed by atoms with Crippen LogP contribution in [0.2, 0.25) is 0 Å². The fourth-order valence-corrected chi connectivity index (χ4v) is 3.99. The number of ether oxygens (including phenoxy) is 1. The maximum atomic E-state index is 12.5. The van der Waals surface area contributed by atoms with Crippen LogP contribution < -0.4 is 10.1 Å². The van der Waals surface area contributed by atoms with Gasteiger partial charge < -0.3 is 10.1 Å². The van der Waals surface area contributed by atoms with Crippen molar-refractivity contribution in [3.05, 3.63) is 69.0 Å². The SMILES string of the molecule is COc1ccc(C(=O)NCCN2C(=O)S/C(=C\c3ccccc3)C2=O)cc1Br. The van der Waals surface area contributed by atoms with E-state index in [4.69, 9.17) is 4.74 Å². The predicted molar refractivity (Wildman–Crippen MR) is 112 cm³/mol. The molecule has 0 saturated carbocycles. The monoisotopic (exact) mass is 460 g/mol. The van der Waals surface area contributed by atoms with Crippen molar-refractivity contribution in [2.75, 3.05) is 20.2 Å². The van der Waals surface area contributed by atoms with Crippen molar-refractivity contribution < 1.29 is 19.1 Å². The molecule has 1 aliphatic heterocycles. The summed E-state index contributed by atoms with van der Waals surface area (Å²) in [7, 11) is 1.54. The molecule has 1 aliphatic rings. The third-order valence-electron chi connectivity index (χ3n) is 4.01. The number of imide groups is 1. The molecule has 0 spiro atoms. The molecule has 6 nitrogen and oxygen atoms in total. The summed E-state index contributed by atoms with van der Waals surface area (Å²) in [4.78, 5) is 38.4. The smallest absolute Gasteiger partial charge is 0.293 e. The maximum absolute atomic E-state index is 12.5. The van der Waals surface area contributed by atoms with E-state index in [1.54, 1.807) is 31.4 Å². The molecule has 8 heteroatoms. The molecule has 3 amide bonds. The zero-order valence-electron chi connectivity index (χ0n) is 15.0. The molecule has 0 aromatic heterocycles. The second-order valence-electron chi connectivity index (χ2n) is 5.85. The Kier molecular flexibility index (Phi) is 6.53. The van der Waals surface area contributed by atoms with Gasteiger partial charge in [0.25, 0.3) is 17.1 Å². The molecule has 0 bridgehead atoms. The van der Waals surface area contributed by atoms with Gasteiger partial charge in [-0.15, -0.1) is 0 Å². The molecule has 1 N–H and O–H groups in total. The molecule has 3 rings (SSSR count). The van der Waals surface area contributed by atoms with Crippen molar-refractivity contribution in [2.24, 2.45) is 0 Å². The maximum Gasteiger partial charge on any atom is 0.293 e. The van der Waals surface area contributed by atoms with Gasteiger partial charge in [-0.2, -0.15) is 0 Å². The number of halogens is 1. The van der Waals surface area contributed by atoms with E-state index < -0.39 is 0 Å².